The number of pyridine rings is 1. The summed E-state index contributed by atoms with van der Waals surface area (Å²) < 4.78 is 38.7. The van der Waals surface area contributed by atoms with Crippen LogP contribution in [0.2, 0.25) is 0 Å². The van der Waals surface area contributed by atoms with Crippen LogP contribution in [0.1, 0.15) is 16.7 Å². The monoisotopic (exact) mass is 267 g/mol. The van der Waals surface area contributed by atoms with Crippen LogP contribution < -0.4 is 5.56 Å². The van der Waals surface area contributed by atoms with Gasteiger partial charge in [-0.15, -0.1) is 0 Å². The molecule has 0 saturated heterocycles. The lowest BCUT2D eigenvalue weighted by atomic mass is 10.1. The lowest BCUT2D eigenvalue weighted by Crippen LogP contribution is -2.21. The molecule has 1 heterocycles. The SMILES string of the molecule is Cc1cccn(Cc2ccc(C(F)(F)F)cc2)c1=O. The highest BCUT2D eigenvalue weighted by Crippen LogP contribution is 2.29. The van der Waals surface area contributed by atoms with Crippen molar-refractivity contribution in [2.45, 2.75) is 19.6 Å². The number of rotatable bonds is 2. The van der Waals surface area contributed by atoms with Gasteiger partial charge in [0, 0.05) is 11.8 Å². The minimum atomic E-state index is -4.33. The Kier molecular flexibility index (Phi) is 3.46. The molecule has 1 aromatic carbocycles. The Labute approximate surface area is 108 Å². The molecule has 0 aliphatic rings. The molecular weight excluding hydrogens is 255 g/mol. The highest BCUT2D eigenvalue weighted by molar-refractivity contribution is 5.25. The number of aryl methyl sites for hydroxylation is 1. The van der Waals surface area contributed by atoms with E-state index in [0.717, 1.165) is 12.1 Å². The van der Waals surface area contributed by atoms with Crippen molar-refractivity contribution >= 4 is 0 Å². The van der Waals surface area contributed by atoms with Crippen molar-refractivity contribution in [3.8, 4) is 0 Å². The lowest BCUT2D eigenvalue weighted by Gasteiger charge is -2.09. The van der Waals surface area contributed by atoms with E-state index in [4.69, 9.17) is 0 Å². The number of nitrogens with zero attached hydrogens (tertiary/aromatic N) is 1. The van der Waals surface area contributed by atoms with Gasteiger partial charge in [0.1, 0.15) is 0 Å². The predicted molar refractivity (Wildman–Crippen MR) is 66.0 cm³/mol. The van der Waals surface area contributed by atoms with Gasteiger partial charge in [0.2, 0.25) is 0 Å². The van der Waals surface area contributed by atoms with E-state index in [1.807, 2.05) is 0 Å². The molecule has 0 fully saturated rings. The molecule has 2 aromatic rings. The second kappa shape index (κ2) is 4.91. The fourth-order valence-electron chi connectivity index (χ4n) is 1.78. The lowest BCUT2D eigenvalue weighted by molar-refractivity contribution is -0.137. The summed E-state index contributed by atoms with van der Waals surface area (Å²) in [5.74, 6) is 0. The first-order valence-electron chi connectivity index (χ1n) is 5.70. The van der Waals surface area contributed by atoms with Gasteiger partial charge in [-0.25, -0.2) is 0 Å². The molecule has 0 unspecified atom stereocenters. The number of hydrogen-bond acceptors (Lipinski definition) is 1. The molecule has 0 amide bonds. The number of alkyl halides is 3. The van der Waals surface area contributed by atoms with Crippen LogP contribution in [0.5, 0.6) is 0 Å². The summed E-state index contributed by atoms with van der Waals surface area (Å²) in [6.45, 7) is 1.96. The summed E-state index contributed by atoms with van der Waals surface area (Å²) in [7, 11) is 0. The van der Waals surface area contributed by atoms with E-state index in [2.05, 4.69) is 0 Å². The molecule has 0 saturated carbocycles. The Morgan fingerprint density at radius 2 is 1.74 bits per heavy atom. The predicted octanol–water partition coefficient (Wildman–Crippen LogP) is 3.22. The van der Waals surface area contributed by atoms with Gasteiger partial charge in [0.05, 0.1) is 12.1 Å². The summed E-state index contributed by atoms with van der Waals surface area (Å²) >= 11 is 0. The Bertz CT molecular complexity index is 626. The fraction of sp³-hybridized carbons (Fsp3) is 0.214. The normalized spacial score (nSPS) is 11.6. The van der Waals surface area contributed by atoms with Crippen LogP contribution in [-0.4, -0.2) is 4.57 Å². The Morgan fingerprint density at radius 1 is 1.11 bits per heavy atom. The van der Waals surface area contributed by atoms with Gasteiger partial charge in [-0.1, -0.05) is 18.2 Å². The standard InChI is InChI=1S/C14H12F3NO/c1-10-3-2-8-18(13(10)19)9-11-4-6-12(7-5-11)14(15,16)17/h2-8H,9H2,1H3. The van der Waals surface area contributed by atoms with Gasteiger partial charge in [-0.05, 0) is 30.7 Å². The quantitative estimate of drug-likeness (QED) is 0.818. The van der Waals surface area contributed by atoms with Crippen molar-refractivity contribution in [2.75, 3.05) is 0 Å². The summed E-state index contributed by atoms with van der Waals surface area (Å²) in [6, 6.07) is 8.26. The minimum Gasteiger partial charge on any atom is -0.311 e. The zero-order valence-electron chi connectivity index (χ0n) is 10.2. The molecule has 0 N–H and O–H groups in total. The van der Waals surface area contributed by atoms with Crippen LogP contribution >= 0.6 is 0 Å². The molecule has 100 valence electrons. The van der Waals surface area contributed by atoms with Gasteiger partial charge >= 0.3 is 6.18 Å². The smallest absolute Gasteiger partial charge is 0.311 e. The minimum absolute atomic E-state index is 0.137. The third kappa shape index (κ3) is 3.05. The maximum Gasteiger partial charge on any atom is 0.416 e. The highest BCUT2D eigenvalue weighted by atomic mass is 19.4. The van der Waals surface area contributed by atoms with E-state index in [9.17, 15) is 18.0 Å². The maximum atomic E-state index is 12.4. The van der Waals surface area contributed by atoms with Crippen LogP contribution in [0, 0.1) is 6.92 Å². The first kappa shape index (κ1) is 13.4. The number of halogens is 3. The van der Waals surface area contributed by atoms with E-state index in [-0.39, 0.29) is 12.1 Å². The largest absolute Gasteiger partial charge is 0.416 e. The topological polar surface area (TPSA) is 22.0 Å². The van der Waals surface area contributed by atoms with Gasteiger partial charge in [-0.3, -0.25) is 4.79 Å². The van der Waals surface area contributed by atoms with E-state index in [1.165, 1.54) is 16.7 Å². The van der Waals surface area contributed by atoms with Crippen molar-refractivity contribution in [1.29, 1.82) is 0 Å². The zero-order chi connectivity index (χ0) is 14.0. The molecule has 5 heteroatoms. The zero-order valence-corrected chi connectivity index (χ0v) is 10.2. The molecule has 0 aliphatic carbocycles. The molecule has 0 aliphatic heterocycles. The first-order valence-corrected chi connectivity index (χ1v) is 5.70. The number of benzene rings is 1. The van der Waals surface area contributed by atoms with Crippen molar-refractivity contribution in [3.05, 3.63) is 69.6 Å². The van der Waals surface area contributed by atoms with Crippen LogP contribution in [0.25, 0.3) is 0 Å². The molecule has 2 rings (SSSR count). The third-order valence-corrected chi connectivity index (χ3v) is 2.84. The van der Waals surface area contributed by atoms with Gasteiger partial charge < -0.3 is 4.57 Å². The van der Waals surface area contributed by atoms with Crippen molar-refractivity contribution in [3.63, 3.8) is 0 Å². The fourth-order valence-corrected chi connectivity index (χ4v) is 1.78. The van der Waals surface area contributed by atoms with E-state index < -0.39 is 11.7 Å². The number of aromatic nitrogens is 1. The van der Waals surface area contributed by atoms with Gasteiger partial charge in [0.25, 0.3) is 5.56 Å². The Balaban J connectivity index is 2.25. The molecule has 19 heavy (non-hydrogen) atoms. The van der Waals surface area contributed by atoms with Crippen molar-refractivity contribution in [2.24, 2.45) is 0 Å². The molecule has 0 radical (unpaired) electrons. The van der Waals surface area contributed by atoms with E-state index >= 15 is 0 Å². The maximum absolute atomic E-state index is 12.4. The van der Waals surface area contributed by atoms with Crippen LogP contribution in [0.15, 0.2) is 47.4 Å². The molecule has 0 spiro atoms. The average molecular weight is 267 g/mol. The van der Waals surface area contributed by atoms with Crippen LogP contribution in [0.4, 0.5) is 13.2 Å². The molecule has 0 bridgehead atoms. The Morgan fingerprint density at radius 3 is 2.32 bits per heavy atom. The summed E-state index contributed by atoms with van der Waals surface area (Å²) in [6.07, 6.45) is -2.72. The van der Waals surface area contributed by atoms with Crippen molar-refractivity contribution in [1.82, 2.24) is 4.57 Å². The van der Waals surface area contributed by atoms with Gasteiger partial charge in [0.15, 0.2) is 0 Å². The summed E-state index contributed by atoms with van der Waals surface area (Å²) in [5, 5.41) is 0. The van der Waals surface area contributed by atoms with E-state index in [0.29, 0.717) is 11.1 Å². The van der Waals surface area contributed by atoms with Crippen LogP contribution in [-0.2, 0) is 12.7 Å². The Hall–Kier alpha value is -2.04. The third-order valence-electron chi connectivity index (χ3n) is 2.84. The van der Waals surface area contributed by atoms with E-state index in [1.54, 1.807) is 25.3 Å². The first-order chi connectivity index (χ1) is 8.88. The van der Waals surface area contributed by atoms with Gasteiger partial charge in [-0.2, -0.15) is 13.2 Å². The van der Waals surface area contributed by atoms with Crippen molar-refractivity contribution < 1.29 is 13.2 Å². The summed E-state index contributed by atoms with van der Waals surface area (Å²) in [4.78, 5) is 11.8. The van der Waals surface area contributed by atoms with Crippen LogP contribution in [0.3, 0.4) is 0 Å². The molecular formula is C14H12F3NO. The molecule has 1 aromatic heterocycles. The molecule has 2 nitrogen and oxygen atoms in total. The second-order valence-electron chi connectivity index (χ2n) is 4.32. The highest BCUT2D eigenvalue weighted by Gasteiger charge is 2.29. The average Bonchev–Trinajstić information content (AvgIpc) is 2.35. The second-order valence-corrected chi connectivity index (χ2v) is 4.32. The number of hydrogen-bond donors (Lipinski definition) is 0. The molecule has 0 atom stereocenters. The summed E-state index contributed by atoms with van der Waals surface area (Å²) in [5.41, 5.74) is 0.436.